The molecule has 4 nitrogen and oxygen atoms in total. The molecule has 1 rings (SSSR count). The van der Waals surface area contributed by atoms with Crippen LogP contribution in [0.3, 0.4) is 0 Å². The number of hydrogen-bond acceptors (Lipinski definition) is 4. The minimum atomic E-state index is -0.804. The molecule has 0 amide bonds. The van der Waals surface area contributed by atoms with Crippen molar-refractivity contribution < 1.29 is 14.3 Å². The zero-order valence-corrected chi connectivity index (χ0v) is 10.9. The summed E-state index contributed by atoms with van der Waals surface area (Å²) in [4.78, 5) is 11.1. The predicted octanol–water partition coefficient (Wildman–Crippen LogP) is 3.34. The van der Waals surface area contributed by atoms with Crippen molar-refractivity contribution in [2.24, 2.45) is 0 Å². The Bertz CT molecular complexity index is 509. The van der Waals surface area contributed by atoms with Gasteiger partial charge in [0.2, 0.25) is 0 Å². The van der Waals surface area contributed by atoms with Crippen LogP contribution in [0.1, 0.15) is 6.92 Å². The van der Waals surface area contributed by atoms with Gasteiger partial charge in [-0.15, -0.1) is 0 Å². The summed E-state index contributed by atoms with van der Waals surface area (Å²) in [5.41, 5.74) is 0. The number of nitrogens with zero attached hydrogens (tertiary/aromatic N) is 1. The quantitative estimate of drug-likeness (QED) is 0.484. The summed E-state index contributed by atoms with van der Waals surface area (Å²) in [5, 5.41) is 9.25. The van der Waals surface area contributed by atoms with E-state index < -0.39 is 12.1 Å². The Balaban J connectivity index is 2.55. The number of carbonyl (C=O) groups is 1. The SMILES string of the molecule is CC(C#N)OC(=O)C=COc1ccc(Cl)cc1Cl. The first-order valence-electron chi connectivity index (χ1n) is 4.91. The molecule has 0 heterocycles. The van der Waals surface area contributed by atoms with Gasteiger partial charge in [-0.25, -0.2) is 4.79 Å². The van der Waals surface area contributed by atoms with Crippen LogP contribution >= 0.6 is 23.2 Å². The van der Waals surface area contributed by atoms with E-state index in [4.69, 9.17) is 33.2 Å². The van der Waals surface area contributed by atoms with Gasteiger partial charge < -0.3 is 9.47 Å². The number of ether oxygens (including phenoxy) is 2. The summed E-state index contributed by atoms with van der Waals surface area (Å²) in [6.07, 6.45) is 1.38. The molecule has 0 saturated carbocycles. The second kappa shape index (κ2) is 6.90. The Hall–Kier alpha value is -1.70. The minimum Gasteiger partial charge on any atom is -0.463 e. The van der Waals surface area contributed by atoms with Gasteiger partial charge in [0, 0.05) is 5.02 Å². The molecule has 18 heavy (non-hydrogen) atoms. The largest absolute Gasteiger partial charge is 0.463 e. The van der Waals surface area contributed by atoms with Crippen LogP contribution in [0.5, 0.6) is 5.75 Å². The van der Waals surface area contributed by atoms with Gasteiger partial charge in [-0.1, -0.05) is 23.2 Å². The van der Waals surface area contributed by atoms with E-state index in [9.17, 15) is 4.79 Å². The third kappa shape index (κ3) is 4.66. The number of rotatable bonds is 4. The molecule has 0 aliphatic carbocycles. The zero-order chi connectivity index (χ0) is 13.5. The Labute approximate surface area is 114 Å². The number of nitriles is 1. The maximum atomic E-state index is 11.1. The number of hydrogen-bond donors (Lipinski definition) is 0. The summed E-state index contributed by atoms with van der Waals surface area (Å²) >= 11 is 11.6. The Morgan fingerprint density at radius 2 is 2.22 bits per heavy atom. The predicted molar refractivity (Wildman–Crippen MR) is 67.4 cm³/mol. The van der Waals surface area contributed by atoms with E-state index in [-0.39, 0.29) is 0 Å². The zero-order valence-electron chi connectivity index (χ0n) is 9.39. The molecule has 1 aromatic rings. The van der Waals surface area contributed by atoms with E-state index in [1.807, 2.05) is 0 Å². The molecular weight excluding hydrogens is 277 g/mol. The highest BCUT2D eigenvalue weighted by Gasteiger charge is 2.05. The highest BCUT2D eigenvalue weighted by molar-refractivity contribution is 6.35. The molecule has 0 radical (unpaired) electrons. The molecule has 0 N–H and O–H groups in total. The summed E-state index contributed by atoms with van der Waals surface area (Å²) in [6, 6.07) is 6.45. The second-order valence-corrected chi connectivity index (χ2v) is 4.05. The lowest BCUT2D eigenvalue weighted by Gasteiger charge is -2.04. The van der Waals surface area contributed by atoms with Crippen LogP contribution in [-0.4, -0.2) is 12.1 Å². The Morgan fingerprint density at radius 3 is 2.83 bits per heavy atom. The normalized spacial score (nSPS) is 11.9. The smallest absolute Gasteiger partial charge is 0.335 e. The van der Waals surface area contributed by atoms with Gasteiger partial charge in [0.25, 0.3) is 0 Å². The fourth-order valence-electron chi connectivity index (χ4n) is 0.974. The molecule has 0 bridgehead atoms. The lowest BCUT2D eigenvalue weighted by Crippen LogP contribution is -2.10. The van der Waals surface area contributed by atoms with Crippen molar-refractivity contribution in [3.8, 4) is 11.8 Å². The Kier molecular flexibility index (Phi) is 5.50. The van der Waals surface area contributed by atoms with E-state index in [2.05, 4.69) is 4.74 Å². The highest BCUT2D eigenvalue weighted by atomic mass is 35.5. The summed E-state index contributed by atoms with van der Waals surface area (Å²) < 4.78 is 9.79. The summed E-state index contributed by atoms with van der Waals surface area (Å²) in [5.74, 6) is -0.312. The molecule has 0 aliphatic rings. The number of esters is 1. The Morgan fingerprint density at radius 1 is 1.50 bits per heavy atom. The molecule has 0 spiro atoms. The van der Waals surface area contributed by atoms with Crippen LogP contribution in [0.25, 0.3) is 0 Å². The molecule has 6 heteroatoms. The van der Waals surface area contributed by atoms with Gasteiger partial charge >= 0.3 is 5.97 Å². The van der Waals surface area contributed by atoms with Crippen LogP contribution in [0.15, 0.2) is 30.5 Å². The van der Waals surface area contributed by atoms with Gasteiger partial charge in [-0.3, -0.25) is 0 Å². The van der Waals surface area contributed by atoms with Crippen LogP contribution in [0.2, 0.25) is 10.0 Å². The maximum absolute atomic E-state index is 11.1. The number of carbonyl (C=O) groups excluding carboxylic acids is 1. The van der Waals surface area contributed by atoms with Crippen molar-refractivity contribution >= 4 is 29.2 Å². The van der Waals surface area contributed by atoms with E-state index in [0.29, 0.717) is 15.8 Å². The first-order chi connectivity index (χ1) is 8.52. The van der Waals surface area contributed by atoms with E-state index in [0.717, 1.165) is 12.3 Å². The van der Waals surface area contributed by atoms with Gasteiger partial charge in [-0.2, -0.15) is 5.26 Å². The van der Waals surface area contributed by atoms with Gasteiger partial charge in [0.05, 0.1) is 17.4 Å². The second-order valence-electron chi connectivity index (χ2n) is 3.20. The van der Waals surface area contributed by atoms with Crippen molar-refractivity contribution in [1.29, 1.82) is 5.26 Å². The average molecular weight is 286 g/mol. The van der Waals surface area contributed by atoms with Crippen LogP contribution in [-0.2, 0) is 9.53 Å². The van der Waals surface area contributed by atoms with Crippen molar-refractivity contribution in [3.05, 3.63) is 40.6 Å². The molecule has 1 unspecified atom stereocenters. The first-order valence-corrected chi connectivity index (χ1v) is 5.67. The molecule has 94 valence electrons. The molecule has 1 aromatic carbocycles. The van der Waals surface area contributed by atoms with Crippen molar-refractivity contribution in [2.45, 2.75) is 13.0 Å². The molecule has 1 atom stereocenters. The summed E-state index contributed by atoms with van der Waals surface area (Å²) in [7, 11) is 0. The van der Waals surface area contributed by atoms with E-state index in [1.165, 1.54) is 13.0 Å². The van der Waals surface area contributed by atoms with Crippen molar-refractivity contribution in [1.82, 2.24) is 0 Å². The lowest BCUT2D eigenvalue weighted by molar-refractivity contribution is -0.139. The standard InChI is InChI=1S/C12H9Cl2NO3/c1-8(7-15)18-12(16)4-5-17-11-3-2-9(13)6-10(11)14/h2-6,8H,1H3. The van der Waals surface area contributed by atoms with E-state index in [1.54, 1.807) is 18.2 Å². The maximum Gasteiger partial charge on any atom is 0.335 e. The van der Waals surface area contributed by atoms with Crippen LogP contribution in [0.4, 0.5) is 0 Å². The number of benzene rings is 1. The van der Waals surface area contributed by atoms with Crippen molar-refractivity contribution in [2.75, 3.05) is 0 Å². The third-order valence-electron chi connectivity index (χ3n) is 1.77. The third-order valence-corrected chi connectivity index (χ3v) is 2.30. The molecular formula is C12H9Cl2NO3. The van der Waals surface area contributed by atoms with Gasteiger partial charge in [0.1, 0.15) is 11.8 Å². The minimum absolute atomic E-state index is 0.325. The fourth-order valence-corrected chi connectivity index (χ4v) is 1.43. The van der Waals surface area contributed by atoms with Gasteiger partial charge in [0.15, 0.2) is 6.10 Å². The topological polar surface area (TPSA) is 59.3 Å². The molecule has 0 saturated heterocycles. The van der Waals surface area contributed by atoms with Gasteiger partial charge in [-0.05, 0) is 25.1 Å². The highest BCUT2D eigenvalue weighted by Crippen LogP contribution is 2.27. The van der Waals surface area contributed by atoms with Crippen LogP contribution < -0.4 is 4.74 Å². The fraction of sp³-hybridized carbons (Fsp3) is 0.167. The molecule has 0 aliphatic heterocycles. The van der Waals surface area contributed by atoms with E-state index >= 15 is 0 Å². The molecule has 0 fully saturated rings. The lowest BCUT2D eigenvalue weighted by atomic mass is 10.3. The van der Waals surface area contributed by atoms with Crippen LogP contribution in [0, 0.1) is 11.3 Å². The number of halogens is 2. The summed E-state index contributed by atoms with van der Waals surface area (Å²) in [6.45, 7) is 1.46. The van der Waals surface area contributed by atoms with Crippen molar-refractivity contribution in [3.63, 3.8) is 0 Å². The first kappa shape index (κ1) is 14.4. The molecule has 0 aromatic heterocycles. The average Bonchev–Trinajstić information content (AvgIpc) is 2.31. The monoisotopic (exact) mass is 285 g/mol.